The van der Waals surface area contributed by atoms with Crippen LogP contribution in [0.4, 0.5) is 8.78 Å². The van der Waals surface area contributed by atoms with E-state index in [0.29, 0.717) is 12.3 Å². The third kappa shape index (κ3) is 5.04. The van der Waals surface area contributed by atoms with Gasteiger partial charge in [-0.3, -0.25) is 9.36 Å². The molecular weight excluding hydrogens is 358 g/mol. The molecule has 7 nitrogen and oxygen atoms in total. The van der Waals surface area contributed by atoms with E-state index in [9.17, 15) is 13.6 Å². The van der Waals surface area contributed by atoms with Gasteiger partial charge in [0.15, 0.2) is 18.1 Å². The maximum atomic E-state index is 12.8. The topological polar surface area (TPSA) is 91.4 Å². The van der Waals surface area contributed by atoms with Crippen molar-refractivity contribution in [2.75, 3.05) is 13.7 Å². The molecule has 2 aromatic rings. The Labute approximate surface area is 147 Å². The van der Waals surface area contributed by atoms with Gasteiger partial charge in [-0.15, -0.1) is 0 Å². The summed E-state index contributed by atoms with van der Waals surface area (Å²) in [7, 11) is 1.43. The van der Waals surface area contributed by atoms with Crippen LogP contribution in [0.15, 0.2) is 24.5 Å². The minimum absolute atomic E-state index is 0.150. The number of ether oxygens (including phenoxy) is 2. The summed E-state index contributed by atoms with van der Waals surface area (Å²) < 4.78 is 36.7. The zero-order valence-electron chi connectivity index (χ0n) is 13.3. The normalized spacial score (nSPS) is 10.9. The van der Waals surface area contributed by atoms with E-state index in [1.54, 1.807) is 12.1 Å². The second kappa shape index (κ2) is 8.63. The molecular formula is C15H17ClF2N4O3. The van der Waals surface area contributed by atoms with Crippen molar-refractivity contribution in [3.8, 4) is 11.5 Å². The Hall–Kier alpha value is -2.39. The molecule has 2 rings (SSSR count). The van der Waals surface area contributed by atoms with E-state index in [-0.39, 0.29) is 29.7 Å². The molecule has 1 aromatic carbocycles. The Kier molecular flexibility index (Phi) is 6.54. The van der Waals surface area contributed by atoms with Crippen LogP contribution >= 0.6 is 11.6 Å². The van der Waals surface area contributed by atoms with Crippen molar-refractivity contribution in [3.63, 3.8) is 0 Å². The van der Waals surface area contributed by atoms with Crippen molar-refractivity contribution < 1.29 is 23.0 Å². The van der Waals surface area contributed by atoms with Gasteiger partial charge >= 0.3 is 6.55 Å². The fourth-order valence-electron chi connectivity index (χ4n) is 2.14. The quantitative estimate of drug-likeness (QED) is 0.701. The summed E-state index contributed by atoms with van der Waals surface area (Å²) in [6, 6.07) is 3.28. The van der Waals surface area contributed by atoms with Crippen molar-refractivity contribution in [2.24, 2.45) is 5.73 Å². The highest BCUT2D eigenvalue weighted by atomic mass is 35.5. The van der Waals surface area contributed by atoms with Crippen LogP contribution in [-0.4, -0.2) is 29.2 Å². The molecule has 0 bridgehead atoms. The average molecular weight is 375 g/mol. The Morgan fingerprint density at radius 1 is 1.44 bits per heavy atom. The van der Waals surface area contributed by atoms with Crippen molar-refractivity contribution in [2.45, 2.75) is 19.6 Å². The first kappa shape index (κ1) is 18.9. The van der Waals surface area contributed by atoms with E-state index < -0.39 is 12.5 Å². The van der Waals surface area contributed by atoms with E-state index >= 15 is 0 Å². The number of rotatable bonds is 9. The fourth-order valence-corrected chi connectivity index (χ4v) is 2.42. The van der Waals surface area contributed by atoms with Crippen molar-refractivity contribution in [1.82, 2.24) is 14.9 Å². The van der Waals surface area contributed by atoms with Gasteiger partial charge in [0, 0.05) is 18.9 Å². The first-order valence-electron chi connectivity index (χ1n) is 7.20. The summed E-state index contributed by atoms with van der Waals surface area (Å²) >= 11 is 6.14. The van der Waals surface area contributed by atoms with Gasteiger partial charge in [0.2, 0.25) is 0 Å². The van der Waals surface area contributed by atoms with Gasteiger partial charge in [-0.1, -0.05) is 11.6 Å². The predicted molar refractivity (Wildman–Crippen MR) is 86.7 cm³/mol. The SMILES string of the molecule is COc1cc(CNCc2nccn2C(F)F)cc(Cl)c1OCC(N)=O. The number of hydrogen-bond donors (Lipinski definition) is 2. The van der Waals surface area contributed by atoms with Crippen LogP contribution < -0.4 is 20.5 Å². The molecule has 1 amide bonds. The molecule has 0 aliphatic rings. The Morgan fingerprint density at radius 2 is 2.20 bits per heavy atom. The minimum atomic E-state index is -2.64. The number of primary amides is 1. The Bertz CT molecular complexity index is 740. The predicted octanol–water partition coefficient (Wildman–Crippen LogP) is 2.09. The number of alkyl halides is 2. The fraction of sp³-hybridized carbons (Fsp3) is 0.333. The number of carbonyl (C=O) groups excluding carboxylic acids is 1. The van der Waals surface area contributed by atoms with Gasteiger partial charge in [-0.05, 0) is 17.7 Å². The lowest BCUT2D eigenvalue weighted by molar-refractivity contribution is -0.119. The van der Waals surface area contributed by atoms with Crippen LogP contribution in [0.2, 0.25) is 5.02 Å². The van der Waals surface area contributed by atoms with Crippen LogP contribution in [0.1, 0.15) is 17.9 Å². The van der Waals surface area contributed by atoms with E-state index in [2.05, 4.69) is 10.3 Å². The molecule has 25 heavy (non-hydrogen) atoms. The molecule has 136 valence electrons. The first-order chi connectivity index (χ1) is 11.9. The summed E-state index contributed by atoms with van der Waals surface area (Å²) in [5.74, 6) is 0.118. The number of amides is 1. The molecule has 1 aromatic heterocycles. The van der Waals surface area contributed by atoms with E-state index in [0.717, 1.165) is 10.1 Å². The van der Waals surface area contributed by atoms with Crippen LogP contribution in [0.5, 0.6) is 11.5 Å². The smallest absolute Gasteiger partial charge is 0.319 e. The number of hydrogen-bond acceptors (Lipinski definition) is 5. The molecule has 0 saturated carbocycles. The molecule has 0 fully saturated rings. The first-order valence-corrected chi connectivity index (χ1v) is 7.58. The molecule has 0 aliphatic carbocycles. The summed E-state index contributed by atoms with van der Waals surface area (Å²) in [5.41, 5.74) is 5.78. The molecule has 1 heterocycles. The molecule has 0 spiro atoms. The maximum Gasteiger partial charge on any atom is 0.319 e. The summed E-state index contributed by atoms with van der Waals surface area (Å²) in [4.78, 5) is 14.7. The Balaban J connectivity index is 2.03. The van der Waals surface area contributed by atoms with Crippen LogP contribution in [0.25, 0.3) is 0 Å². The summed E-state index contributed by atoms with van der Waals surface area (Å²) in [5, 5.41) is 3.24. The number of benzene rings is 1. The van der Waals surface area contributed by atoms with Crippen LogP contribution in [0, 0.1) is 0 Å². The molecule has 0 unspecified atom stereocenters. The number of imidazole rings is 1. The zero-order chi connectivity index (χ0) is 18.4. The largest absolute Gasteiger partial charge is 0.493 e. The lowest BCUT2D eigenvalue weighted by atomic mass is 10.2. The highest BCUT2D eigenvalue weighted by molar-refractivity contribution is 6.32. The van der Waals surface area contributed by atoms with Crippen LogP contribution in [-0.2, 0) is 17.9 Å². The minimum Gasteiger partial charge on any atom is -0.493 e. The number of nitrogens with zero attached hydrogens (tertiary/aromatic N) is 2. The average Bonchev–Trinajstić information content (AvgIpc) is 3.02. The third-order valence-corrected chi connectivity index (χ3v) is 3.50. The van der Waals surface area contributed by atoms with Crippen LogP contribution in [0.3, 0.4) is 0 Å². The van der Waals surface area contributed by atoms with Crippen molar-refractivity contribution in [1.29, 1.82) is 0 Å². The van der Waals surface area contributed by atoms with Gasteiger partial charge in [0.1, 0.15) is 5.82 Å². The highest BCUT2D eigenvalue weighted by Crippen LogP contribution is 2.36. The second-order valence-corrected chi connectivity index (χ2v) is 5.40. The number of nitrogens with two attached hydrogens (primary N) is 1. The zero-order valence-corrected chi connectivity index (χ0v) is 14.1. The molecule has 0 saturated heterocycles. The van der Waals surface area contributed by atoms with E-state index in [1.165, 1.54) is 19.5 Å². The second-order valence-electron chi connectivity index (χ2n) is 5.00. The molecule has 0 radical (unpaired) electrons. The number of carbonyl (C=O) groups is 1. The number of methoxy groups -OCH3 is 1. The standard InChI is InChI=1S/C15H17ClF2N4O3/c1-24-11-5-9(4-10(16)14(11)25-8-12(19)23)6-20-7-13-21-2-3-22(13)15(17)18/h2-5,15,20H,6-8H2,1H3,(H2,19,23). The third-order valence-electron chi connectivity index (χ3n) is 3.22. The Morgan fingerprint density at radius 3 is 2.84 bits per heavy atom. The lowest BCUT2D eigenvalue weighted by Crippen LogP contribution is -2.20. The molecule has 0 aliphatic heterocycles. The van der Waals surface area contributed by atoms with Gasteiger partial charge < -0.3 is 20.5 Å². The number of nitrogens with one attached hydrogen (secondary N) is 1. The lowest BCUT2D eigenvalue weighted by Gasteiger charge is -2.14. The maximum absolute atomic E-state index is 12.8. The van der Waals surface area contributed by atoms with Crippen molar-refractivity contribution in [3.05, 3.63) is 40.9 Å². The summed E-state index contributed by atoms with van der Waals surface area (Å²) in [6.45, 7) is -2.49. The van der Waals surface area contributed by atoms with E-state index in [4.69, 9.17) is 26.8 Å². The van der Waals surface area contributed by atoms with Crippen molar-refractivity contribution >= 4 is 17.5 Å². The summed E-state index contributed by atoms with van der Waals surface area (Å²) in [6.07, 6.45) is 2.53. The van der Waals surface area contributed by atoms with Gasteiger partial charge in [0.25, 0.3) is 5.91 Å². The molecule has 10 heteroatoms. The highest BCUT2D eigenvalue weighted by Gasteiger charge is 2.14. The number of aromatic nitrogens is 2. The molecule has 3 N–H and O–H groups in total. The monoisotopic (exact) mass is 374 g/mol. The number of halogens is 3. The van der Waals surface area contributed by atoms with Gasteiger partial charge in [-0.2, -0.15) is 8.78 Å². The molecule has 0 atom stereocenters. The van der Waals surface area contributed by atoms with Gasteiger partial charge in [0.05, 0.1) is 18.7 Å². The van der Waals surface area contributed by atoms with Gasteiger partial charge in [-0.25, -0.2) is 4.98 Å². The van der Waals surface area contributed by atoms with E-state index in [1.807, 2.05) is 0 Å².